The Labute approximate surface area is 104 Å². The van der Waals surface area contributed by atoms with E-state index in [2.05, 4.69) is 4.98 Å². The Bertz CT molecular complexity index is 731. The van der Waals surface area contributed by atoms with E-state index in [1.165, 1.54) is 7.11 Å². The molecule has 4 nitrogen and oxygen atoms in total. The first kappa shape index (κ1) is 10.8. The molecule has 0 atom stereocenters. The smallest absolute Gasteiger partial charge is 0.162 e. The average molecular weight is 243 g/mol. The fraction of sp³-hybridized carbons (Fsp3) is 0.143. The van der Waals surface area contributed by atoms with E-state index in [4.69, 9.17) is 9.47 Å². The van der Waals surface area contributed by atoms with Crippen LogP contribution < -0.4 is 9.47 Å². The molecule has 0 aliphatic heterocycles. The van der Waals surface area contributed by atoms with Crippen molar-refractivity contribution in [1.29, 1.82) is 0 Å². The van der Waals surface area contributed by atoms with Crippen molar-refractivity contribution >= 4 is 21.8 Å². The number of benzene rings is 2. The van der Waals surface area contributed by atoms with Crippen LogP contribution in [-0.2, 0) is 0 Å². The molecule has 0 bridgehead atoms. The molecule has 0 amide bonds. The van der Waals surface area contributed by atoms with Crippen molar-refractivity contribution < 1.29 is 14.6 Å². The van der Waals surface area contributed by atoms with Crippen LogP contribution in [0.2, 0.25) is 0 Å². The second kappa shape index (κ2) is 3.84. The summed E-state index contributed by atoms with van der Waals surface area (Å²) in [5, 5.41) is 11.8. The Hall–Kier alpha value is -2.36. The van der Waals surface area contributed by atoms with Crippen molar-refractivity contribution in [2.24, 2.45) is 0 Å². The summed E-state index contributed by atoms with van der Waals surface area (Å²) in [4.78, 5) is 3.28. The van der Waals surface area contributed by atoms with Gasteiger partial charge in [-0.05, 0) is 24.3 Å². The zero-order chi connectivity index (χ0) is 12.7. The number of methoxy groups -OCH3 is 2. The van der Waals surface area contributed by atoms with E-state index in [9.17, 15) is 5.11 Å². The van der Waals surface area contributed by atoms with Crippen LogP contribution in [0.5, 0.6) is 17.2 Å². The van der Waals surface area contributed by atoms with Gasteiger partial charge in [-0.25, -0.2) is 0 Å². The molecule has 1 heterocycles. The highest BCUT2D eigenvalue weighted by atomic mass is 16.5. The minimum Gasteiger partial charge on any atom is -0.504 e. The van der Waals surface area contributed by atoms with Gasteiger partial charge < -0.3 is 19.6 Å². The third kappa shape index (κ3) is 1.46. The second-order valence-electron chi connectivity index (χ2n) is 4.11. The summed E-state index contributed by atoms with van der Waals surface area (Å²) in [6.45, 7) is 0. The predicted octanol–water partition coefficient (Wildman–Crippen LogP) is 3.04. The first-order valence-electron chi connectivity index (χ1n) is 5.59. The standard InChI is InChI=1S/C14H13NO3/c1-17-8-3-4-11-9(5-8)10-6-13(16)14(18-2)7-12(10)15-11/h3-7,15-16H,1-2H3. The highest BCUT2D eigenvalue weighted by Crippen LogP contribution is 2.36. The number of phenolic OH excluding ortho intramolecular Hbond substituents is 1. The fourth-order valence-corrected chi connectivity index (χ4v) is 2.19. The quantitative estimate of drug-likeness (QED) is 0.727. The Kier molecular flexibility index (Phi) is 2.30. The van der Waals surface area contributed by atoms with Crippen molar-refractivity contribution in [2.75, 3.05) is 14.2 Å². The summed E-state index contributed by atoms with van der Waals surface area (Å²) in [5.74, 6) is 1.38. The van der Waals surface area contributed by atoms with Crippen LogP contribution >= 0.6 is 0 Å². The van der Waals surface area contributed by atoms with Gasteiger partial charge in [-0.2, -0.15) is 0 Å². The van der Waals surface area contributed by atoms with Crippen LogP contribution in [0.1, 0.15) is 0 Å². The zero-order valence-electron chi connectivity index (χ0n) is 10.2. The lowest BCUT2D eigenvalue weighted by atomic mass is 10.1. The molecule has 0 aliphatic carbocycles. The maximum atomic E-state index is 9.84. The lowest BCUT2D eigenvalue weighted by Gasteiger charge is -2.03. The summed E-state index contributed by atoms with van der Waals surface area (Å²) >= 11 is 0. The zero-order valence-corrected chi connectivity index (χ0v) is 10.2. The Morgan fingerprint density at radius 2 is 1.72 bits per heavy atom. The van der Waals surface area contributed by atoms with E-state index < -0.39 is 0 Å². The summed E-state index contributed by atoms with van der Waals surface area (Å²) in [6.07, 6.45) is 0. The molecule has 92 valence electrons. The first-order chi connectivity index (χ1) is 8.72. The maximum absolute atomic E-state index is 9.84. The molecule has 2 aromatic carbocycles. The second-order valence-corrected chi connectivity index (χ2v) is 4.11. The molecular weight excluding hydrogens is 230 g/mol. The van der Waals surface area contributed by atoms with Crippen LogP contribution in [0.15, 0.2) is 30.3 Å². The van der Waals surface area contributed by atoms with Gasteiger partial charge in [0.2, 0.25) is 0 Å². The fourth-order valence-electron chi connectivity index (χ4n) is 2.19. The molecule has 3 aromatic rings. The van der Waals surface area contributed by atoms with Crippen molar-refractivity contribution in [3.63, 3.8) is 0 Å². The number of hydrogen-bond donors (Lipinski definition) is 2. The summed E-state index contributed by atoms with van der Waals surface area (Å²) < 4.78 is 10.3. The van der Waals surface area contributed by atoms with Crippen LogP contribution in [0.4, 0.5) is 0 Å². The third-order valence-electron chi connectivity index (χ3n) is 3.11. The molecule has 0 fully saturated rings. The van der Waals surface area contributed by atoms with Crippen LogP contribution in [0.3, 0.4) is 0 Å². The highest BCUT2D eigenvalue weighted by molar-refractivity contribution is 6.08. The monoisotopic (exact) mass is 243 g/mol. The molecule has 2 N–H and O–H groups in total. The number of hydrogen-bond acceptors (Lipinski definition) is 3. The number of rotatable bonds is 2. The lowest BCUT2D eigenvalue weighted by Crippen LogP contribution is -1.83. The largest absolute Gasteiger partial charge is 0.504 e. The molecule has 0 unspecified atom stereocenters. The summed E-state index contributed by atoms with van der Waals surface area (Å²) in [6, 6.07) is 9.29. The van der Waals surface area contributed by atoms with Crippen LogP contribution in [0, 0.1) is 0 Å². The molecule has 3 rings (SSSR count). The Morgan fingerprint density at radius 1 is 0.944 bits per heavy atom. The minimum absolute atomic E-state index is 0.133. The Balaban J connectivity index is 2.38. The number of nitrogens with one attached hydrogen (secondary N) is 1. The lowest BCUT2D eigenvalue weighted by molar-refractivity contribution is 0.374. The normalized spacial score (nSPS) is 11.0. The number of phenols is 1. The molecule has 0 radical (unpaired) electrons. The van der Waals surface area contributed by atoms with Crippen molar-refractivity contribution in [1.82, 2.24) is 4.98 Å². The van der Waals surface area contributed by atoms with E-state index in [1.807, 2.05) is 18.2 Å². The van der Waals surface area contributed by atoms with Gasteiger partial charge in [0.1, 0.15) is 5.75 Å². The molecule has 18 heavy (non-hydrogen) atoms. The number of H-pyrrole nitrogens is 1. The topological polar surface area (TPSA) is 54.5 Å². The summed E-state index contributed by atoms with van der Waals surface area (Å²) in [5.41, 5.74) is 1.92. The van der Waals surface area contributed by atoms with Crippen LogP contribution in [-0.4, -0.2) is 24.3 Å². The predicted molar refractivity (Wildman–Crippen MR) is 70.6 cm³/mol. The van der Waals surface area contributed by atoms with Gasteiger partial charge in [0.05, 0.1) is 19.7 Å². The first-order valence-corrected chi connectivity index (χ1v) is 5.59. The minimum atomic E-state index is 0.133. The van der Waals surface area contributed by atoms with Gasteiger partial charge in [-0.3, -0.25) is 0 Å². The SMILES string of the molecule is COc1ccc2[nH]c3cc(OC)c(O)cc3c2c1. The van der Waals surface area contributed by atoms with Gasteiger partial charge in [0, 0.05) is 22.4 Å². The number of aromatic nitrogens is 1. The van der Waals surface area contributed by atoms with E-state index in [-0.39, 0.29) is 5.75 Å². The van der Waals surface area contributed by atoms with Gasteiger partial charge in [0.25, 0.3) is 0 Å². The van der Waals surface area contributed by atoms with Crippen LogP contribution in [0.25, 0.3) is 21.8 Å². The number of fused-ring (bicyclic) bond motifs is 3. The summed E-state index contributed by atoms with van der Waals surface area (Å²) in [7, 11) is 3.17. The molecule has 4 heteroatoms. The van der Waals surface area contributed by atoms with Gasteiger partial charge in [-0.15, -0.1) is 0 Å². The highest BCUT2D eigenvalue weighted by Gasteiger charge is 2.10. The molecule has 0 saturated heterocycles. The molecule has 0 spiro atoms. The van der Waals surface area contributed by atoms with E-state index >= 15 is 0 Å². The van der Waals surface area contributed by atoms with Crippen molar-refractivity contribution in [3.05, 3.63) is 30.3 Å². The molecule has 0 aliphatic rings. The number of aromatic amines is 1. The van der Waals surface area contributed by atoms with E-state index in [0.717, 1.165) is 27.6 Å². The number of ether oxygens (including phenoxy) is 2. The van der Waals surface area contributed by atoms with Gasteiger partial charge in [0.15, 0.2) is 11.5 Å². The van der Waals surface area contributed by atoms with E-state index in [1.54, 1.807) is 19.2 Å². The van der Waals surface area contributed by atoms with E-state index in [0.29, 0.717) is 5.75 Å². The van der Waals surface area contributed by atoms with Crippen molar-refractivity contribution in [3.8, 4) is 17.2 Å². The molecule has 1 aromatic heterocycles. The Morgan fingerprint density at radius 3 is 2.44 bits per heavy atom. The molecular formula is C14H13NO3. The number of aromatic hydroxyl groups is 1. The molecule has 0 saturated carbocycles. The maximum Gasteiger partial charge on any atom is 0.162 e. The third-order valence-corrected chi connectivity index (χ3v) is 3.11. The van der Waals surface area contributed by atoms with Crippen molar-refractivity contribution in [2.45, 2.75) is 0 Å². The average Bonchev–Trinajstić information content (AvgIpc) is 2.74. The van der Waals surface area contributed by atoms with Gasteiger partial charge >= 0.3 is 0 Å². The van der Waals surface area contributed by atoms with Gasteiger partial charge in [-0.1, -0.05) is 0 Å².